The second-order valence-corrected chi connectivity index (χ2v) is 9.01. The summed E-state index contributed by atoms with van der Waals surface area (Å²) >= 11 is 1.70. The summed E-state index contributed by atoms with van der Waals surface area (Å²) in [4.78, 5) is 29.8. The highest BCUT2D eigenvalue weighted by atomic mass is 32.2. The lowest BCUT2D eigenvalue weighted by Gasteiger charge is -2.25. The Morgan fingerprint density at radius 2 is 2.06 bits per heavy atom. The smallest absolute Gasteiger partial charge is 0.351 e. The monoisotopic (exact) mass is 493 g/mol. The van der Waals surface area contributed by atoms with Gasteiger partial charge >= 0.3 is 5.69 Å². The van der Waals surface area contributed by atoms with Crippen LogP contribution in [0.1, 0.15) is 29.2 Å². The third kappa shape index (κ3) is 6.44. The molecule has 1 aromatic carbocycles. The number of ether oxygens (including phenoxy) is 3. The Morgan fingerprint density at radius 3 is 2.74 bits per heavy atom. The molecule has 2 aromatic rings. The second kappa shape index (κ2) is 13.0. The molecule has 1 fully saturated rings. The maximum absolute atomic E-state index is 13.2. The fourth-order valence-electron chi connectivity index (χ4n) is 3.69. The standard InChI is InChI=1S/C23H31N3O7S/c1-3-34-12-9-16-13-18(24-21(29)15-7-5-4-6-8-15)25-23(30)26(16)22-20(32-11-10-31-2)19(28)17(14-27)33-22/h4-8,13,17,19-20,22,27-28H,3,9-12,14H2,1-2H3,(H,24,25,29,30)/t17-,19-,20-,22-/m1/s1. The number of nitrogens with zero attached hydrogens (tertiary/aromatic N) is 2. The number of carbonyl (C=O) groups excluding carboxylic acids is 1. The molecule has 0 saturated carbocycles. The van der Waals surface area contributed by atoms with Gasteiger partial charge in [-0.3, -0.25) is 9.36 Å². The number of carbonyl (C=O) groups is 1. The molecule has 0 radical (unpaired) electrons. The predicted molar refractivity (Wildman–Crippen MR) is 128 cm³/mol. The molecular weight excluding hydrogens is 462 g/mol. The van der Waals surface area contributed by atoms with E-state index in [-0.39, 0.29) is 24.9 Å². The first-order valence-electron chi connectivity index (χ1n) is 11.1. The van der Waals surface area contributed by atoms with E-state index in [1.54, 1.807) is 48.2 Å². The van der Waals surface area contributed by atoms with Crippen LogP contribution in [0, 0.1) is 0 Å². The minimum Gasteiger partial charge on any atom is -0.394 e. The van der Waals surface area contributed by atoms with Crippen LogP contribution in [0.25, 0.3) is 0 Å². The second-order valence-electron chi connectivity index (χ2n) is 7.62. The van der Waals surface area contributed by atoms with Crippen molar-refractivity contribution < 1.29 is 29.2 Å². The van der Waals surface area contributed by atoms with Crippen molar-refractivity contribution in [3.63, 3.8) is 0 Å². The number of anilines is 1. The molecule has 11 heteroatoms. The van der Waals surface area contributed by atoms with Gasteiger partial charge in [0.05, 0.1) is 19.8 Å². The molecule has 0 unspecified atom stereocenters. The van der Waals surface area contributed by atoms with E-state index in [1.165, 1.54) is 11.7 Å². The quantitative estimate of drug-likeness (QED) is 0.372. The molecule has 4 atom stereocenters. The number of rotatable bonds is 12. The normalized spacial score (nSPS) is 22.1. The van der Waals surface area contributed by atoms with Crippen molar-refractivity contribution in [3.05, 3.63) is 58.1 Å². The molecule has 0 bridgehead atoms. The number of nitrogens with one attached hydrogen (secondary N) is 1. The molecule has 2 heterocycles. The van der Waals surface area contributed by atoms with Gasteiger partial charge in [0.1, 0.15) is 24.1 Å². The Balaban J connectivity index is 1.94. The highest BCUT2D eigenvalue weighted by molar-refractivity contribution is 7.99. The Kier molecular flexibility index (Phi) is 10.1. The summed E-state index contributed by atoms with van der Waals surface area (Å²) in [5, 5.41) is 22.9. The summed E-state index contributed by atoms with van der Waals surface area (Å²) in [7, 11) is 1.53. The van der Waals surface area contributed by atoms with Crippen LogP contribution in [0.4, 0.5) is 5.82 Å². The van der Waals surface area contributed by atoms with Crippen LogP contribution in [0.2, 0.25) is 0 Å². The van der Waals surface area contributed by atoms with Crippen LogP contribution in [0.15, 0.2) is 41.2 Å². The summed E-state index contributed by atoms with van der Waals surface area (Å²) in [6.07, 6.45) is -3.47. The molecule has 1 saturated heterocycles. The van der Waals surface area contributed by atoms with Gasteiger partial charge in [-0.25, -0.2) is 4.79 Å². The van der Waals surface area contributed by atoms with Crippen LogP contribution < -0.4 is 11.0 Å². The Labute approximate surface area is 202 Å². The van der Waals surface area contributed by atoms with E-state index in [4.69, 9.17) is 14.2 Å². The van der Waals surface area contributed by atoms with Crippen LogP contribution in [-0.2, 0) is 20.6 Å². The number of aliphatic hydroxyl groups excluding tert-OH is 2. The van der Waals surface area contributed by atoms with E-state index in [9.17, 15) is 19.8 Å². The molecule has 34 heavy (non-hydrogen) atoms. The lowest BCUT2D eigenvalue weighted by Crippen LogP contribution is -2.40. The molecule has 186 valence electrons. The highest BCUT2D eigenvalue weighted by Crippen LogP contribution is 2.32. The number of aryl methyl sites for hydroxylation is 1. The number of amides is 1. The molecule has 1 aromatic heterocycles. The number of methoxy groups -OCH3 is 1. The van der Waals surface area contributed by atoms with Crippen molar-refractivity contribution in [2.24, 2.45) is 0 Å². The van der Waals surface area contributed by atoms with Gasteiger partial charge in [0.15, 0.2) is 6.23 Å². The van der Waals surface area contributed by atoms with Gasteiger partial charge in [-0.15, -0.1) is 0 Å². The van der Waals surface area contributed by atoms with Gasteiger partial charge in [0, 0.05) is 24.4 Å². The van der Waals surface area contributed by atoms with Crippen molar-refractivity contribution in [3.8, 4) is 0 Å². The van der Waals surface area contributed by atoms with Crippen molar-refractivity contribution in [1.29, 1.82) is 0 Å². The first-order chi connectivity index (χ1) is 16.5. The highest BCUT2D eigenvalue weighted by Gasteiger charge is 2.46. The maximum Gasteiger partial charge on any atom is 0.351 e. The third-order valence-corrected chi connectivity index (χ3v) is 6.27. The number of aliphatic hydroxyl groups is 2. The lowest BCUT2D eigenvalue weighted by atomic mass is 10.1. The van der Waals surface area contributed by atoms with E-state index < -0.39 is 36.8 Å². The minimum atomic E-state index is -1.14. The first-order valence-corrected chi connectivity index (χ1v) is 12.3. The van der Waals surface area contributed by atoms with Gasteiger partial charge in [-0.05, 0) is 30.1 Å². The van der Waals surface area contributed by atoms with Gasteiger partial charge < -0.3 is 29.7 Å². The fourth-order valence-corrected chi connectivity index (χ4v) is 4.33. The Hall–Kier alpha value is -2.28. The molecule has 3 N–H and O–H groups in total. The molecular formula is C23H31N3O7S. The molecule has 0 aliphatic carbocycles. The molecule has 1 amide bonds. The summed E-state index contributed by atoms with van der Waals surface area (Å²) in [5.41, 5.74) is 0.357. The average Bonchev–Trinajstić information content (AvgIpc) is 3.14. The zero-order valence-corrected chi connectivity index (χ0v) is 20.1. The fraction of sp³-hybridized carbons (Fsp3) is 0.522. The van der Waals surface area contributed by atoms with Crippen molar-refractivity contribution >= 4 is 23.5 Å². The summed E-state index contributed by atoms with van der Waals surface area (Å²) in [5.74, 6) is 1.37. The largest absolute Gasteiger partial charge is 0.394 e. The Bertz CT molecular complexity index is 988. The predicted octanol–water partition coefficient (Wildman–Crippen LogP) is 1.07. The minimum absolute atomic E-state index is 0.126. The molecule has 1 aliphatic rings. The van der Waals surface area contributed by atoms with E-state index in [1.807, 2.05) is 6.92 Å². The Morgan fingerprint density at radius 1 is 1.29 bits per heavy atom. The summed E-state index contributed by atoms with van der Waals surface area (Å²) < 4.78 is 18.0. The van der Waals surface area contributed by atoms with Crippen LogP contribution in [0.5, 0.6) is 0 Å². The topological polar surface area (TPSA) is 132 Å². The lowest BCUT2D eigenvalue weighted by molar-refractivity contribution is -0.0828. The van der Waals surface area contributed by atoms with Gasteiger partial charge in [0.2, 0.25) is 0 Å². The number of thioether (sulfide) groups is 1. The zero-order chi connectivity index (χ0) is 24.5. The molecule has 1 aliphatic heterocycles. The number of benzene rings is 1. The zero-order valence-electron chi connectivity index (χ0n) is 19.3. The maximum atomic E-state index is 13.2. The van der Waals surface area contributed by atoms with Crippen molar-refractivity contribution in [2.75, 3.05) is 43.8 Å². The summed E-state index contributed by atoms with van der Waals surface area (Å²) in [6.45, 7) is 2.07. The third-order valence-electron chi connectivity index (χ3n) is 5.36. The SMILES string of the molecule is CCSCCc1cc(NC(=O)c2ccccc2)nc(=O)n1[C@@H]1O[C@H](CO)[C@@H](O)[C@H]1OCCOC. The van der Waals surface area contributed by atoms with E-state index in [0.29, 0.717) is 17.7 Å². The number of aromatic nitrogens is 2. The molecule has 3 rings (SSSR count). The van der Waals surface area contributed by atoms with Gasteiger partial charge in [0.25, 0.3) is 5.91 Å². The van der Waals surface area contributed by atoms with E-state index in [0.717, 1.165) is 11.5 Å². The van der Waals surface area contributed by atoms with Crippen LogP contribution >= 0.6 is 11.8 Å². The van der Waals surface area contributed by atoms with Crippen molar-refractivity contribution in [2.45, 2.75) is 37.9 Å². The summed E-state index contributed by atoms with van der Waals surface area (Å²) in [6, 6.07) is 10.3. The number of hydrogen-bond donors (Lipinski definition) is 3. The van der Waals surface area contributed by atoms with Crippen LogP contribution in [0.3, 0.4) is 0 Å². The van der Waals surface area contributed by atoms with Crippen LogP contribution in [-0.4, -0.2) is 82.4 Å². The molecule has 0 spiro atoms. The average molecular weight is 494 g/mol. The molecule has 10 nitrogen and oxygen atoms in total. The number of hydrogen-bond acceptors (Lipinski definition) is 9. The van der Waals surface area contributed by atoms with E-state index in [2.05, 4.69) is 10.3 Å². The van der Waals surface area contributed by atoms with E-state index >= 15 is 0 Å². The van der Waals surface area contributed by atoms with Crippen molar-refractivity contribution in [1.82, 2.24) is 9.55 Å². The van der Waals surface area contributed by atoms with Gasteiger partial charge in [-0.1, -0.05) is 25.1 Å². The first kappa shape index (κ1) is 26.3. The van der Waals surface area contributed by atoms with Gasteiger partial charge in [-0.2, -0.15) is 16.7 Å².